The van der Waals surface area contributed by atoms with Crippen molar-refractivity contribution < 1.29 is 42.1 Å². The van der Waals surface area contributed by atoms with Gasteiger partial charge < -0.3 is 18.9 Å². The summed E-state index contributed by atoms with van der Waals surface area (Å²) in [7, 11) is 1.48. The largest absolute Gasteiger partial charge is 0.472 e. The zero-order chi connectivity index (χ0) is 43.6. The normalized spacial score (nSPS) is 13.7. The summed E-state index contributed by atoms with van der Waals surface area (Å²) in [6, 6.07) is 0. The van der Waals surface area contributed by atoms with Crippen molar-refractivity contribution in [3.63, 3.8) is 0 Å². The van der Waals surface area contributed by atoms with Gasteiger partial charge >= 0.3 is 19.8 Å². The van der Waals surface area contributed by atoms with E-state index in [-0.39, 0.29) is 32.0 Å². The summed E-state index contributed by atoms with van der Waals surface area (Å²) in [5.41, 5.74) is 0. The molecule has 59 heavy (non-hydrogen) atoms. The average molecular weight is 857 g/mol. The molecule has 0 rings (SSSR count). The highest BCUT2D eigenvalue weighted by atomic mass is 31.2. The molecule has 0 saturated carbocycles. The summed E-state index contributed by atoms with van der Waals surface area (Å²) in [4.78, 5) is 35.5. The van der Waals surface area contributed by atoms with Crippen molar-refractivity contribution in [3.8, 4) is 0 Å². The van der Waals surface area contributed by atoms with Crippen LogP contribution in [0, 0.1) is 0 Å². The molecule has 0 bridgehead atoms. The highest BCUT2D eigenvalue weighted by Crippen LogP contribution is 2.43. The number of unbranched alkanes of at least 4 members (excludes halogenated alkanes) is 27. The van der Waals surface area contributed by atoms with Crippen LogP contribution < -0.4 is 0 Å². The van der Waals surface area contributed by atoms with E-state index in [1.54, 1.807) is 0 Å². The zero-order valence-corrected chi connectivity index (χ0v) is 40.1. The predicted octanol–water partition coefficient (Wildman–Crippen LogP) is 14.3. The minimum atomic E-state index is -4.38. The molecule has 0 aromatic heterocycles. The second-order valence-electron chi connectivity index (χ2n) is 17.9. The Hall–Kier alpha value is -1.51. The van der Waals surface area contributed by atoms with E-state index in [0.29, 0.717) is 17.4 Å². The van der Waals surface area contributed by atoms with Crippen molar-refractivity contribution in [1.29, 1.82) is 0 Å². The van der Waals surface area contributed by atoms with Gasteiger partial charge in [0.2, 0.25) is 0 Å². The number of hydrogen-bond acceptors (Lipinski definition) is 7. The van der Waals surface area contributed by atoms with Crippen LogP contribution in [-0.4, -0.2) is 74.9 Å². The average Bonchev–Trinajstić information content (AvgIpc) is 3.19. The molecule has 0 amide bonds. The van der Waals surface area contributed by atoms with Gasteiger partial charge in [0.15, 0.2) is 6.10 Å². The smallest absolute Gasteiger partial charge is 0.462 e. The molecule has 0 saturated heterocycles. The zero-order valence-electron chi connectivity index (χ0n) is 39.2. The van der Waals surface area contributed by atoms with Gasteiger partial charge in [0.05, 0.1) is 27.7 Å². The highest BCUT2D eigenvalue weighted by molar-refractivity contribution is 7.47. The van der Waals surface area contributed by atoms with Crippen molar-refractivity contribution in [2.45, 2.75) is 232 Å². The van der Waals surface area contributed by atoms with Gasteiger partial charge in [-0.2, -0.15) is 0 Å². The van der Waals surface area contributed by atoms with Gasteiger partial charge in [0, 0.05) is 12.8 Å². The van der Waals surface area contributed by atoms with Crippen molar-refractivity contribution in [2.24, 2.45) is 0 Å². The van der Waals surface area contributed by atoms with E-state index in [2.05, 4.69) is 38.2 Å². The third kappa shape index (κ3) is 45.8. The number of rotatable bonds is 45. The first kappa shape index (κ1) is 57.5. The highest BCUT2D eigenvalue weighted by Gasteiger charge is 2.27. The first-order valence-corrected chi connectivity index (χ1v) is 26.1. The molecule has 1 unspecified atom stereocenters. The van der Waals surface area contributed by atoms with Crippen molar-refractivity contribution in [1.82, 2.24) is 0 Å². The Morgan fingerprint density at radius 2 is 0.932 bits per heavy atom. The van der Waals surface area contributed by atoms with E-state index in [0.717, 1.165) is 57.8 Å². The number of nitrogens with zero attached hydrogens (tertiary/aromatic N) is 1. The minimum absolute atomic E-state index is 0.0314. The van der Waals surface area contributed by atoms with Gasteiger partial charge in [-0.3, -0.25) is 18.6 Å². The molecule has 0 aliphatic rings. The quantitative estimate of drug-likeness (QED) is 0.0212. The molecule has 10 heteroatoms. The fraction of sp³-hybridized carbons (Fsp3) is 0.878. The van der Waals surface area contributed by atoms with E-state index < -0.39 is 26.5 Å². The number of likely N-dealkylation sites (N-methyl/N-ethyl adjacent to an activating group) is 1. The maximum atomic E-state index is 12.7. The molecule has 9 nitrogen and oxygen atoms in total. The molecule has 0 heterocycles. The number of phosphoric ester groups is 1. The fourth-order valence-electron chi connectivity index (χ4n) is 6.86. The van der Waals surface area contributed by atoms with Crippen LogP contribution in [0.15, 0.2) is 24.3 Å². The van der Waals surface area contributed by atoms with Crippen LogP contribution in [0.3, 0.4) is 0 Å². The Morgan fingerprint density at radius 3 is 1.39 bits per heavy atom. The Labute approximate surface area is 364 Å². The molecule has 1 N–H and O–H groups in total. The molecule has 2 atom stereocenters. The molecule has 0 spiro atoms. The molecule has 0 aromatic carbocycles. The number of carbonyl (C=O) groups is 2. The van der Waals surface area contributed by atoms with E-state index in [9.17, 15) is 19.0 Å². The van der Waals surface area contributed by atoms with Crippen LogP contribution in [0.25, 0.3) is 0 Å². The van der Waals surface area contributed by atoms with E-state index >= 15 is 0 Å². The van der Waals surface area contributed by atoms with Gasteiger partial charge in [-0.15, -0.1) is 0 Å². The summed E-state index contributed by atoms with van der Waals surface area (Å²) in [6.07, 6.45) is 46.6. The monoisotopic (exact) mass is 857 g/mol. The third-order valence-electron chi connectivity index (χ3n) is 10.7. The molecule has 0 aliphatic carbocycles. The lowest BCUT2D eigenvalue weighted by Gasteiger charge is -2.24. The van der Waals surface area contributed by atoms with Gasteiger partial charge in [-0.1, -0.05) is 199 Å². The first-order valence-electron chi connectivity index (χ1n) is 24.6. The van der Waals surface area contributed by atoms with Crippen molar-refractivity contribution >= 4 is 19.8 Å². The third-order valence-corrected chi connectivity index (χ3v) is 11.7. The lowest BCUT2D eigenvalue weighted by atomic mass is 10.0. The number of esters is 2. The lowest BCUT2D eigenvalue weighted by Crippen LogP contribution is -2.37. The number of carbonyl (C=O) groups excluding carboxylic acids is 2. The number of phosphoric acid groups is 1. The number of quaternary nitrogens is 1. The summed E-state index contributed by atoms with van der Waals surface area (Å²) < 4.78 is 34.4. The van der Waals surface area contributed by atoms with Gasteiger partial charge in [0.25, 0.3) is 0 Å². The van der Waals surface area contributed by atoms with E-state index in [4.69, 9.17) is 18.5 Å². The molecule has 0 fully saturated rings. The topological polar surface area (TPSA) is 108 Å². The van der Waals surface area contributed by atoms with Crippen molar-refractivity contribution in [2.75, 3.05) is 47.5 Å². The molecule has 0 aliphatic heterocycles. The second kappa shape index (κ2) is 41.8. The lowest BCUT2D eigenvalue weighted by molar-refractivity contribution is -0.870. The molecule has 0 radical (unpaired) electrons. The maximum absolute atomic E-state index is 12.7. The summed E-state index contributed by atoms with van der Waals surface area (Å²) in [6.45, 7) is 4.40. The van der Waals surface area contributed by atoms with Crippen molar-refractivity contribution in [3.05, 3.63) is 24.3 Å². The number of hydrogen-bond donors (Lipinski definition) is 1. The van der Waals surface area contributed by atoms with Gasteiger partial charge in [0.1, 0.15) is 19.8 Å². The van der Waals surface area contributed by atoms with Crippen LogP contribution in [0.4, 0.5) is 0 Å². The first-order chi connectivity index (χ1) is 28.5. The summed E-state index contributed by atoms with van der Waals surface area (Å²) in [5.74, 6) is -0.804. The minimum Gasteiger partial charge on any atom is -0.462 e. The summed E-state index contributed by atoms with van der Waals surface area (Å²) in [5, 5.41) is 0. The van der Waals surface area contributed by atoms with Crippen LogP contribution in [-0.2, 0) is 32.7 Å². The summed E-state index contributed by atoms with van der Waals surface area (Å²) >= 11 is 0. The number of ether oxygens (including phenoxy) is 2. The SMILES string of the molecule is CCCC/C=C/C/C=C/CCCCCCCC(=O)OC[C@H](COP(=O)(O)OCC[N+](C)(C)C)OC(=O)CCCCCCCCCCCCCCCCCCCCCCC. The van der Waals surface area contributed by atoms with Crippen LogP contribution in [0.1, 0.15) is 226 Å². The molecule has 348 valence electrons. The standard InChI is InChI=1S/C49H94NO8P/c1-6-8-10-12-14-16-18-20-22-23-24-25-26-27-28-30-32-34-36-38-40-42-49(52)58-47(46-57-59(53,54)56-44-43-50(3,4)5)45-55-48(51)41-39-37-35-33-31-29-21-19-17-15-13-11-9-7-2/h13,15,19,21,47H,6-12,14,16-18,20,22-46H2,1-5H3/p+1/b15-13+,21-19+/t47-/m1/s1. The van der Waals surface area contributed by atoms with E-state index in [1.165, 1.54) is 135 Å². The maximum Gasteiger partial charge on any atom is 0.472 e. The Bertz CT molecular complexity index is 1060. The van der Waals surface area contributed by atoms with Gasteiger partial charge in [-0.25, -0.2) is 4.57 Å². The Kier molecular flexibility index (Phi) is 40.8. The fourth-order valence-corrected chi connectivity index (χ4v) is 7.60. The number of allylic oxidation sites excluding steroid dienone is 4. The van der Waals surface area contributed by atoms with Crippen LogP contribution in [0.2, 0.25) is 0 Å². The molecule has 0 aromatic rings. The molecular formula is C49H95NO8P+. The van der Waals surface area contributed by atoms with Crippen LogP contribution in [0.5, 0.6) is 0 Å². The Balaban J connectivity index is 4.24. The second-order valence-corrected chi connectivity index (χ2v) is 19.3. The van der Waals surface area contributed by atoms with Gasteiger partial charge in [-0.05, 0) is 38.5 Å². The van der Waals surface area contributed by atoms with E-state index in [1.807, 2.05) is 21.1 Å². The predicted molar refractivity (Wildman–Crippen MR) is 247 cm³/mol. The Morgan fingerprint density at radius 1 is 0.525 bits per heavy atom. The van der Waals surface area contributed by atoms with Crippen LogP contribution >= 0.6 is 7.82 Å². The molecular weight excluding hydrogens is 762 g/mol.